The van der Waals surface area contributed by atoms with Crippen LogP contribution in [0.3, 0.4) is 0 Å². The van der Waals surface area contributed by atoms with E-state index in [0.717, 1.165) is 61.6 Å². The fraction of sp³-hybridized carbons (Fsp3) is 0.400. The lowest BCUT2D eigenvalue weighted by Crippen LogP contribution is -2.44. The lowest BCUT2D eigenvalue weighted by atomic mass is 10.1. The van der Waals surface area contributed by atoms with Gasteiger partial charge in [0.05, 0.1) is 23.6 Å². The summed E-state index contributed by atoms with van der Waals surface area (Å²) in [5.74, 6) is 1.23. The Labute approximate surface area is 194 Å². The Morgan fingerprint density at radius 1 is 1.03 bits per heavy atom. The van der Waals surface area contributed by atoms with Crippen LogP contribution >= 0.6 is 0 Å². The molecule has 0 bridgehead atoms. The molecule has 0 spiro atoms. The number of benzene rings is 1. The van der Waals surface area contributed by atoms with Crippen LogP contribution in [0, 0.1) is 5.92 Å². The van der Waals surface area contributed by atoms with Gasteiger partial charge in [0.1, 0.15) is 0 Å². The van der Waals surface area contributed by atoms with Gasteiger partial charge >= 0.3 is 0 Å². The summed E-state index contributed by atoms with van der Waals surface area (Å²) in [4.78, 5) is 9.32. The Hall–Kier alpha value is -3.39. The lowest BCUT2D eigenvalue weighted by Gasteiger charge is -2.34. The van der Waals surface area contributed by atoms with Gasteiger partial charge in [-0.15, -0.1) is 5.10 Å². The third kappa shape index (κ3) is 4.85. The van der Waals surface area contributed by atoms with Crippen molar-refractivity contribution in [3.63, 3.8) is 0 Å². The van der Waals surface area contributed by atoms with Gasteiger partial charge in [0.2, 0.25) is 5.95 Å². The third-order valence-corrected chi connectivity index (χ3v) is 6.23. The van der Waals surface area contributed by atoms with E-state index >= 15 is 0 Å². The van der Waals surface area contributed by atoms with E-state index in [9.17, 15) is 0 Å². The number of hydrogen-bond acceptors (Lipinski definition) is 6. The van der Waals surface area contributed by atoms with Gasteiger partial charge in [0, 0.05) is 55.9 Å². The van der Waals surface area contributed by atoms with Gasteiger partial charge in [0.25, 0.3) is 0 Å². The van der Waals surface area contributed by atoms with Crippen molar-refractivity contribution in [1.82, 2.24) is 29.3 Å². The summed E-state index contributed by atoms with van der Waals surface area (Å²) in [5, 5.41) is 12.7. The van der Waals surface area contributed by atoms with Gasteiger partial charge < -0.3 is 15.1 Å². The molecule has 172 valence electrons. The van der Waals surface area contributed by atoms with Crippen LogP contribution in [0.5, 0.6) is 0 Å². The average Bonchev–Trinajstić information content (AvgIpc) is 3.45. The largest absolute Gasteiger partial charge is 0.369 e. The predicted octanol–water partition coefficient (Wildman–Crippen LogP) is 4.13. The van der Waals surface area contributed by atoms with Crippen LogP contribution in [-0.4, -0.2) is 62.5 Å². The Morgan fingerprint density at radius 2 is 1.88 bits per heavy atom. The highest BCUT2D eigenvalue weighted by atomic mass is 15.3. The second-order valence-corrected chi connectivity index (χ2v) is 9.28. The number of hydrogen-bond donors (Lipinski definition) is 1. The molecule has 1 saturated heterocycles. The maximum atomic E-state index is 4.78. The zero-order valence-corrected chi connectivity index (χ0v) is 19.6. The number of fused-ring (bicyclic) bond motifs is 1. The van der Waals surface area contributed by atoms with Crippen molar-refractivity contribution in [2.45, 2.75) is 26.8 Å². The van der Waals surface area contributed by atoms with Crippen molar-refractivity contribution < 1.29 is 0 Å². The van der Waals surface area contributed by atoms with Crippen LogP contribution in [0.1, 0.15) is 20.3 Å². The number of nitrogens with one attached hydrogen (secondary N) is 1. The van der Waals surface area contributed by atoms with E-state index in [0.29, 0.717) is 11.9 Å². The summed E-state index contributed by atoms with van der Waals surface area (Å²) in [6, 6.07) is 12.6. The Bertz CT molecular complexity index is 1220. The van der Waals surface area contributed by atoms with E-state index in [-0.39, 0.29) is 0 Å². The zero-order chi connectivity index (χ0) is 22.8. The molecule has 8 heteroatoms. The fourth-order valence-corrected chi connectivity index (χ4v) is 4.16. The molecule has 0 atom stereocenters. The van der Waals surface area contributed by atoms with Gasteiger partial charge in [-0.25, -0.2) is 9.50 Å². The maximum Gasteiger partial charge on any atom is 0.245 e. The summed E-state index contributed by atoms with van der Waals surface area (Å²) >= 11 is 0. The molecule has 4 aromatic rings. The first-order valence-corrected chi connectivity index (χ1v) is 11.7. The molecule has 1 aromatic carbocycles. The van der Waals surface area contributed by atoms with Crippen LogP contribution in [0.15, 0.2) is 55.0 Å². The van der Waals surface area contributed by atoms with E-state index in [2.05, 4.69) is 82.6 Å². The highest BCUT2D eigenvalue weighted by Gasteiger charge is 2.15. The molecule has 1 N–H and O–H groups in total. The SMILES string of the molecule is CC(C)CCn1cc(-c2ccc3cnc(Nc4cccc(N5CCN(C)CC5)c4)nn23)cn1. The van der Waals surface area contributed by atoms with Crippen molar-refractivity contribution in [2.24, 2.45) is 5.92 Å². The Kier molecular flexibility index (Phi) is 6.00. The first-order chi connectivity index (χ1) is 16.0. The minimum Gasteiger partial charge on any atom is -0.369 e. The van der Waals surface area contributed by atoms with Crippen molar-refractivity contribution >= 4 is 22.8 Å². The van der Waals surface area contributed by atoms with Crippen LogP contribution in [0.4, 0.5) is 17.3 Å². The summed E-state index contributed by atoms with van der Waals surface area (Å²) in [6.07, 6.45) is 6.97. The molecule has 4 heterocycles. The Morgan fingerprint density at radius 3 is 2.70 bits per heavy atom. The second-order valence-electron chi connectivity index (χ2n) is 9.28. The molecule has 5 rings (SSSR count). The number of piperazine rings is 1. The summed E-state index contributed by atoms with van der Waals surface area (Å²) in [6.45, 7) is 9.64. The van der Waals surface area contributed by atoms with Gasteiger partial charge in [-0.2, -0.15) is 5.10 Å². The molecule has 33 heavy (non-hydrogen) atoms. The van der Waals surface area contributed by atoms with Crippen LogP contribution < -0.4 is 10.2 Å². The van der Waals surface area contributed by atoms with Gasteiger partial charge in [0.15, 0.2) is 0 Å². The molecular formula is C25H32N8. The molecule has 0 aliphatic carbocycles. The van der Waals surface area contributed by atoms with E-state index in [1.807, 2.05) is 27.7 Å². The second kappa shape index (κ2) is 9.23. The average molecular weight is 445 g/mol. The predicted molar refractivity (Wildman–Crippen MR) is 133 cm³/mol. The molecule has 0 amide bonds. The fourth-order valence-electron chi connectivity index (χ4n) is 4.16. The normalized spacial score (nSPS) is 15.0. The van der Waals surface area contributed by atoms with Gasteiger partial charge in [-0.1, -0.05) is 19.9 Å². The number of anilines is 3. The molecule has 1 fully saturated rings. The molecule has 1 aliphatic heterocycles. The topological polar surface area (TPSA) is 66.5 Å². The van der Waals surface area contributed by atoms with Crippen LogP contribution in [0.2, 0.25) is 0 Å². The molecule has 8 nitrogen and oxygen atoms in total. The Balaban J connectivity index is 1.36. The monoisotopic (exact) mass is 444 g/mol. The molecule has 0 saturated carbocycles. The zero-order valence-electron chi connectivity index (χ0n) is 19.6. The van der Waals surface area contributed by atoms with Gasteiger partial charge in [-0.05, 0) is 49.7 Å². The number of aryl methyl sites for hydroxylation is 1. The lowest BCUT2D eigenvalue weighted by molar-refractivity contribution is 0.313. The van der Waals surface area contributed by atoms with E-state index in [1.165, 1.54) is 5.69 Å². The van der Waals surface area contributed by atoms with Crippen molar-refractivity contribution in [3.05, 3.63) is 55.0 Å². The smallest absolute Gasteiger partial charge is 0.245 e. The number of aromatic nitrogens is 5. The van der Waals surface area contributed by atoms with Crippen LogP contribution in [-0.2, 0) is 6.54 Å². The summed E-state index contributed by atoms with van der Waals surface area (Å²) in [7, 11) is 2.18. The molecule has 0 radical (unpaired) electrons. The molecule has 0 unspecified atom stereocenters. The first kappa shape index (κ1) is 21.5. The van der Waals surface area contributed by atoms with Crippen molar-refractivity contribution in [3.8, 4) is 11.3 Å². The maximum absolute atomic E-state index is 4.78. The standard InChI is InChI=1S/C25H32N8/c1-19(2)9-10-32-18-20(16-27-32)24-8-7-23-17-26-25(29-33(23)24)28-21-5-4-6-22(15-21)31-13-11-30(3)12-14-31/h4-8,15-19H,9-14H2,1-3H3,(H,28,29). The number of likely N-dealkylation sites (N-methyl/N-ethyl adjacent to an activating group) is 1. The minimum absolute atomic E-state index is 0.572. The first-order valence-electron chi connectivity index (χ1n) is 11.7. The highest BCUT2D eigenvalue weighted by Crippen LogP contribution is 2.25. The summed E-state index contributed by atoms with van der Waals surface area (Å²) < 4.78 is 3.95. The van der Waals surface area contributed by atoms with E-state index in [4.69, 9.17) is 5.10 Å². The summed E-state index contributed by atoms with van der Waals surface area (Å²) in [5.41, 5.74) is 5.24. The minimum atomic E-state index is 0.572. The van der Waals surface area contributed by atoms with Gasteiger partial charge in [-0.3, -0.25) is 4.68 Å². The molecular weight excluding hydrogens is 412 g/mol. The number of nitrogens with zero attached hydrogens (tertiary/aromatic N) is 7. The van der Waals surface area contributed by atoms with E-state index in [1.54, 1.807) is 0 Å². The van der Waals surface area contributed by atoms with E-state index < -0.39 is 0 Å². The highest BCUT2D eigenvalue weighted by molar-refractivity contribution is 5.66. The molecule has 3 aromatic heterocycles. The molecule has 1 aliphatic rings. The van der Waals surface area contributed by atoms with Crippen molar-refractivity contribution in [1.29, 1.82) is 0 Å². The third-order valence-electron chi connectivity index (χ3n) is 6.23. The van der Waals surface area contributed by atoms with Crippen LogP contribution in [0.25, 0.3) is 16.8 Å². The van der Waals surface area contributed by atoms with Crippen molar-refractivity contribution in [2.75, 3.05) is 43.4 Å². The quantitative estimate of drug-likeness (QED) is 0.462. The number of rotatable bonds is 7.